The number of nitrogens with zero attached hydrogens (tertiary/aromatic N) is 2. The third-order valence-corrected chi connectivity index (χ3v) is 4.10. The number of pyridine rings is 1. The van der Waals surface area contributed by atoms with E-state index in [9.17, 15) is 9.59 Å². The van der Waals surface area contributed by atoms with Gasteiger partial charge < -0.3 is 10.2 Å². The smallest absolute Gasteiger partial charge is 0.243 e. The Morgan fingerprint density at radius 3 is 2.52 bits per heavy atom. The molecule has 2 rings (SSSR count). The molecule has 0 saturated carbocycles. The third-order valence-electron chi connectivity index (χ3n) is 3.11. The molecule has 0 saturated heterocycles. The number of hydrogen-bond acceptors (Lipinski definition) is 4. The van der Waals surface area contributed by atoms with Gasteiger partial charge in [-0.2, -0.15) is 0 Å². The summed E-state index contributed by atoms with van der Waals surface area (Å²) in [5.74, 6) is 0.828. The normalized spacial score (nSPS) is 10.1. The summed E-state index contributed by atoms with van der Waals surface area (Å²) >= 11 is 1.52. The summed E-state index contributed by atoms with van der Waals surface area (Å²) in [6.45, 7) is 0.0452. The van der Waals surface area contributed by atoms with E-state index in [0.29, 0.717) is 5.75 Å². The van der Waals surface area contributed by atoms with Crippen molar-refractivity contribution >= 4 is 29.3 Å². The van der Waals surface area contributed by atoms with Gasteiger partial charge in [0, 0.05) is 30.9 Å². The summed E-state index contributed by atoms with van der Waals surface area (Å²) in [6, 6.07) is 13.0. The first-order chi connectivity index (χ1) is 11.1. The van der Waals surface area contributed by atoms with Gasteiger partial charge in [-0.3, -0.25) is 14.6 Å². The zero-order chi connectivity index (χ0) is 16.5. The molecule has 0 fully saturated rings. The molecule has 0 radical (unpaired) electrons. The van der Waals surface area contributed by atoms with Crippen LogP contribution in [0.25, 0.3) is 0 Å². The average molecular weight is 329 g/mol. The number of hydrogen-bond donors (Lipinski definition) is 1. The fraction of sp³-hybridized carbons (Fsp3) is 0.235. The maximum atomic E-state index is 12.0. The Labute approximate surface area is 140 Å². The molecule has 5 nitrogen and oxygen atoms in total. The Balaban J connectivity index is 1.71. The van der Waals surface area contributed by atoms with Crippen molar-refractivity contribution in [3.63, 3.8) is 0 Å². The van der Waals surface area contributed by atoms with Gasteiger partial charge in [0.15, 0.2) is 0 Å². The molecule has 120 valence electrons. The number of benzene rings is 1. The zero-order valence-corrected chi connectivity index (χ0v) is 13.8. The first kappa shape index (κ1) is 17.0. The van der Waals surface area contributed by atoms with Crippen LogP contribution in [0.15, 0.2) is 54.9 Å². The fourth-order valence-electron chi connectivity index (χ4n) is 1.87. The van der Waals surface area contributed by atoms with Crippen molar-refractivity contribution in [2.45, 2.75) is 5.75 Å². The van der Waals surface area contributed by atoms with Crippen LogP contribution < -0.4 is 5.32 Å². The molecule has 0 bridgehead atoms. The number of likely N-dealkylation sites (N-methyl/N-ethyl adjacent to an activating group) is 1. The maximum Gasteiger partial charge on any atom is 0.243 e. The van der Waals surface area contributed by atoms with Crippen LogP contribution in [-0.4, -0.2) is 41.0 Å². The molecule has 0 atom stereocenters. The van der Waals surface area contributed by atoms with Crippen LogP contribution in [0.5, 0.6) is 0 Å². The van der Waals surface area contributed by atoms with E-state index >= 15 is 0 Å². The van der Waals surface area contributed by atoms with Gasteiger partial charge in [0.05, 0.1) is 12.3 Å². The van der Waals surface area contributed by atoms with E-state index in [-0.39, 0.29) is 18.4 Å². The Morgan fingerprint density at radius 2 is 1.83 bits per heavy atom. The number of thioether (sulfide) groups is 1. The number of carbonyl (C=O) groups excluding carboxylic acids is 2. The lowest BCUT2D eigenvalue weighted by Crippen LogP contribution is -2.35. The number of anilines is 1. The molecule has 1 aromatic carbocycles. The highest BCUT2D eigenvalue weighted by Gasteiger charge is 2.13. The summed E-state index contributed by atoms with van der Waals surface area (Å²) < 4.78 is 0. The standard InChI is InChI=1S/C17H19N3O2S/c1-20(11-16(21)19-15-5-3-2-4-6-15)17(22)13-23-12-14-7-9-18-10-8-14/h2-10H,11-13H2,1H3,(H,19,21). The molecular weight excluding hydrogens is 310 g/mol. The Kier molecular flexibility index (Phi) is 6.62. The van der Waals surface area contributed by atoms with E-state index in [0.717, 1.165) is 17.0 Å². The minimum atomic E-state index is -0.203. The predicted octanol–water partition coefficient (Wildman–Crippen LogP) is 2.41. The summed E-state index contributed by atoms with van der Waals surface area (Å²) in [6.07, 6.45) is 3.47. The van der Waals surface area contributed by atoms with Crippen LogP contribution in [-0.2, 0) is 15.3 Å². The second-order valence-corrected chi connectivity index (χ2v) is 6.00. The first-order valence-electron chi connectivity index (χ1n) is 7.20. The van der Waals surface area contributed by atoms with Crippen LogP contribution in [0, 0.1) is 0 Å². The zero-order valence-electron chi connectivity index (χ0n) is 12.9. The minimum Gasteiger partial charge on any atom is -0.336 e. The van der Waals surface area contributed by atoms with Crippen LogP contribution >= 0.6 is 11.8 Å². The second-order valence-electron chi connectivity index (χ2n) is 5.01. The Morgan fingerprint density at radius 1 is 1.13 bits per heavy atom. The van der Waals surface area contributed by atoms with E-state index in [1.807, 2.05) is 42.5 Å². The van der Waals surface area contributed by atoms with Crippen molar-refractivity contribution in [1.82, 2.24) is 9.88 Å². The van der Waals surface area contributed by atoms with Gasteiger partial charge in [0.1, 0.15) is 0 Å². The molecule has 0 spiro atoms. The Bertz CT molecular complexity index is 635. The molecule has 1 N–H and O–H groups in total. The van der Waals surface area contributed by atoms with Gasteiger partial charge in [0.2, 0.25) is 11.8 Å². The molecule has 2 amide bonds. The highest BCUT2D eigenvalue weighted by Crippen LogP contribution is 2.11. The van der Waals surface area contributed by atoms with E-state index in [1.54, 1.807) is 19.4 Å². The monoisotopic (exact) mass is 329 g/mol. The number of amides is 2. The van der Waals surface area contributed by atoms with Crippen molar-refractivity contribution in [1.29, 1.82) is 0 Å². The predicted molar refractivity (Wildman–Crippen MR) is 93.1 cm³/mol. The third kappa shape index (κ3) is 6.12. The first-order valence-corrected chi connectivity index (χ1v) is 8.36. The number of aromatic nitrogens is 1. The topological polar surface area (TPSA) is 62.3 Å². The van der Waals surface area contributed by atoms with Gasteiger partial charge in [0.25, 0.3) is 0 Å². The number of nitrogens with one attached hydrogen (secondary N) is 1. The van der Waals surface area contributed by atoms with Crippen LogP contribution in [0.2, 0.25) is 0 Å². The highest BCUT2D eigenvalue weighted by atomic mass is 32.2. The van der Waals surface area contributed by atoms with Crippen molar-refractivity contribution in [3.05, 3.63) is 60.4 Å². The SMILES string of the molecule is CN(CC(=O)Nc1ccccc1)C(=O)CSCc1ccncc1. The summed E-state index contributed by atoms with van der Waals surface area (Å²) in [7, 11) is 1.64. The van der Waals surface area contributed by atoms with Crippen molar-refractivity contribution in [2.24, 2.45) is 0 Å². The van der Waals surface area contributed by atoms with E-state index < -0.39 is 0 Å². The lowest BCUT2D eigenvalue weighted by atomic mass is 10.3. The maximum absolute atomic E-state index is 12.0. The number of rotatable bonds is 7. The fourth-order valence-corrected chi connectivity index (χ4v) is 2.80. The number of carbonyl (C=O) groups is 2. The van der Waals surface area contributed by atoms with Crippen LogP contribution in [0.3, 0.4) is 0 Å². The Hall–Kier alpha value is -2.34. The average Bonchev–Trinajstić information content (AvgIpc) is 2.56. The number of para-hydroxylation sites is 1. The van der Waals surface area contributed by atoms with Crippen molar-refractivity contribution < 1.29 is 9.59 Å². The highest BCUT2D eigenvalue weighted by molar-refractivity contribution is 7.99. The molecule has 6 heteroatoms. The van der Waals surface area contributed by atoms with Gasteiger partial charge in [-0.15, -0.1) is 11.8 Å². The van der Waals surface area contributed by atoms with Gasteiger partial charge in [-0.1, -0.05) is 18.2 Å². The molecular formula is C17H19N3O2S. The summed E-state index contributed by atoms with van der Waals surface area (Å²) in [5, 5.41) is 2.76. The van der Waals surface area contributed by atoms with Crippen molar-refractivity contribution in [2.75, 3.05) is 24.7 Å². The van der Waals surface area contributed by atoms with Gasteiger partial charge in [-0.05, 0) is 29.8 Å². The molecule has 2 aromatic rings. The van der Waals surface area contributed by atoms with Crippen LogP contribution in [0.4, 0.5) is 5.69 Å². The van der Waals surface area contributed by atoms with Crippen LogP contribution in [0.1, 0.15) is 5.56 Å². The molecule has 0 unspecified atom stereocenters. The lowest BCUT2D eigenvalue weighted by molar-refractivity contribution is -0.131. The lowest BCUT2D eigenvalue weighted by Gasteiger charge is -2.16. The minimum absolute atomic E-state index is 0.0452. The van der Waals surface area contributed by atoms with Gasteiger partial charge in [-0.25, -0.2) is 0 Å². The second kappa shape index (κ2) is 8.95. The van der Waals surface area contributed by atoms with Gasteiger partial charge >= 0.3 is 0 Å². The van der Waals surface area contributed by atoms with Crippen molar-refractivity contribution in [3.8, 4) is 0 Å². The molecule has 0 aliphatic rings. The molecule has 1 heterocycles. The molecule has 23 heavy (non-hydrogen) atoms. The summed E-state index contributed by atoms with van der Waals surface area (Å²) in [4.78, 5) is 29.3. The molecule has 0 aliphatic heterocycles. The quantitative estimate of drug-likeness (QED) is 0.847. The van der Waals surface area contributed by atoms with E-state index in [2.05, 4.69) is 10.3 Å². The summed E-state index contributed by atoms with van der Waals surface area (Å²) in [5.41, 5.74) is 1.85. The van der Waals surface area contributed by atoms with E-state index in [4.69, 9.17) is 0 Å². The van der Waals surface area contributed by atoms with E-state index in [1.165, 1.54) is 16.7 Å². The largest absolute Gasteiger partial charge is 0.336 e. The molecule has 0 aliphatic carbocycles. The molecule has 1 aromatic heterocycles.